The first-order valence-electron chi connectivity index (χ1n) is 5.36. The van der Waals surface area contributed by atoms with Gasteiger partial charge in [-0.15, -0.1) is 0 Å². The van der Waals surface area contributed by atoms with Crippen LogP contribution in [0.5, 0.6) is 0 Å². The maximum absolute atomic E-state index is 11.5. The Morgan fingerprint density at radius 2 is 1.93 bits per heavy atom. The Morgan fingerprint density at radius 1 is 1.36 bits per heavy atom. The van der Waals surface area contributed by atoms with Crippen molar-refractivity contribution in [1.82, 2.24) is 5.32 Å². The number of carbonyl (C=O) groups excluding carboxylic acids is 1. The smallest absolute Gasteiger partial charge is 0.323 e. The van der Waals surface area contributed by atoms with Gasteiger partial charge in [-0.1, -0.05) is 34.1 Å². The normalized spacial score (nSPS) is 15.3. The first-order chi connectivity index (χ1) is 6.52. The van der Waals surface area contributed by atoms with Crippen LogP contribution in [0, 0.1) is 5.92 Å². The summed E-state index contributed by atoms with van der Waals surface area (Å²) in [6.07, 6.45) is 2.13. The number of rotatable bonds is 6. The standard InChI is InChI=1S/C11H23NO2/c1-6-7-9(4)10(11(13)14-5)12-8(2)3/h8-10,12H,6-7H2,1-5H3. The largest absolute Gasteiger partial charge is 0.468 e. The molecule has 0 aromatic rings. The van der Waals surface area contributed by atoms with Crippen LogP contribution < -0.4 is 5.32 Å². The fourth-order valence-corrected chi connectivity index (χ4v) is 1.57. The highest BCUT2D eigenvalue weighted by molar-refractivity contribution is 5.76. The van der Waals surface area contributed by atoms with Gasteiger partial charge in [0, 0.05) is 6.04 Å². The third-order valence-corrected chi connectivity index (χ3v) is 2.28. The van der Waals surface area contributed by atoms with Crippen LogP contribution in [-0.4, -0.2) is 25.2 Å². The molecule has 0 aliphatic heterocycles. The number of methoxy groups -OCH3 is 1. The van der Waals surface area contributed by atoms with E-state index in [2.05, 4.69) is 19.2 Å². The summed E-state index contributed by atoms with van der Waals surface area (Å²) in [6, 6.07) is 0.137. The third-order valence-electron chi connectivity index (χ3n) is 2.28. The molecule has 0 heterocycles. The molecule has 0 aromatic carbocycles. The minimum Gasteiger partial charge on any atom is -0.468 e. The van der Waals surface area contributed by atoms with Crippen LogP contribution in [0.25, 0.3) is 0 Å². The van der Waals surface area contributed by atoms with Gasteiger partial charge in [-0.3, -0.25) is 4.79 Å². The van der Waals surface area contributed by atoms with E-state index < -0.39 is 0 Å². The second-order valence-electron chi connectivity index (χ2n) is 4.09. The predicted octanol–water partition coefficient (Wildman–Crippen LogP) is 1.96. The molecule has 0 bridgehead atoms. The summed E-state index contributed by atoms with van der Waals surface area (Å²) in [4.78, 5) is 11.5. The average Bonchev–Trinajstić information content (AvgIpc) is 2.13. The van der Waals surface area contributed by atoms with Gasteiger partial charge in [-0.05, 0) is 12.3 Å². The Hall–Kier alpha value is -0.570. The predicted molar refractivity (Wildman–Crippen MR) is 58.1 cm³/mol. The molecule has 0 saturated carbocycles. The lowest BCUT2D eigenvalue weighted by Crippen LogP contribution is -2.45. The Morgan fingerprint density at radius 3 is 2.29 bits per heavy atom. The lowest BCUT2D eigenvalue weighted by molar-refractivity contribution is -0.144. The highest BCUT2D eigenvalue weighted by Gasteiger charge is 2.25. The Balaban J connectivity index is 4.29. The van der Waals surface area contributed by atoms with Crippen molar-refractivity contribution >= 4 is 5.97 Å². The molecule has 0 aliphatic carbocycles. The van der Waals surface area contributed by atoms with E-state index in [1.165, 1.54) is 7.11 Å². The fraction of sp³-hybridized carbons (Fsp3) is 0.909. The first kappa shape index (κ1) is 13.4. The van der Waals surface area contributed by atoms with Crippen LogP contribution in [0.4, 0.5) is 0 Å². The SMILES string of the molecule is CCCC(C)C(NC(C)C)C(=O)OC. The molecule has 0 radical (unpaired) electrons. The van der Waals surface area contributed by atoms with Crippen molar-refractivity contribution in [2.24, 2.45) is 5.92 Å². The van der Waals surface area contributed by atoms with E-state index in [1.807, 2.05) is 13.8 Å². The van der Waals surface area contributed by atoms with Crippen LogP contribution in [0.3, 0.4) is 0 Å². The summed E-state index contributed by atoms with van der Waals surface area (Å²) in [5.41, 5.74) is 0. The van der Waals surface area contributed by atoms with E-state index in [9.17, 15) is 4.79 Å². The zero-order valence-corrected chi connectivity index (χ0v) is 9.96. The summed E-state index contributed by atoms with van der Waals surface area (Å²) in [6.45, 7) is 8.28. The van der Waals surface area contributed by atoms with Gasteiger partial charge in [0.1, 0.15) is 6.04 Å². The quantitative estimate of drug-likeness (QED) is 0.668. The topological polar surface area (TPSA) is 38.3 Å². The summed E-state index contributed by atoms with van der Waals surface area (Å²) in [5, 5.41) is 3.24. The molecular formula is C11H23NO2. The molecule has 0 amide bonds. The number of ether oxygens (including phenoxy) is 1. The van der Waals surface area contributed by atoms with Crippen molar-refractivity contribution in [1.29, 1.82) is 0 Å². The van der Waals surface area contributed by atoms with Crippen LogP contribution in [-0.2, 0) is 9.53 Å². The molecule has 2 atom stereocenters. The van der Waals surface area contributed by atoms with Crippen molar-refractivity contribution < 1.29 is 9.53 Å². The van der Waals surface area contributed by atoms with E-state index in [0.717, 1.165) is 12.8 Å². The zero-order chi connectivity index (χ0) is 11.1. The fourth-order valence-electron chi connectivity index (χ4n) is 1.57. The lowest BCUT2D eigenvalue weighted by atomic mass is 9.96. The number of carbonyl (C=O) groups is 1. The Bertz CT molecular complexity index is 169. The highest BCUT2D eigenvalue weighted by atomic mass is 16.5. The molecule has 0 saturated heterocycles. The summed E-state index contributed by atoms with van der Waals surface area (Å²) < 4.78 is 4.78. The van der Waals surface area contributed by atoms with Crippen LogP contribution in [0.1, 0.15) is 40.5 Å². The molecule has 0 aromatic heterocycles. The number of hydrogen-bond acceptors (Lipinski definition) is 3. The van der Waals surface area contributed by atoms with Crippen LogP contribution >= 0.6 is 0 Å². The maximum atomic E-state index is 11.5. The summed E-state index contributed by atoms with van der Waals surface area (Å²) in [5.74, 6) is 0.175. The second-order valence-corrected chi connectivity index (χ2v) is 4.09. The van der Waals surface area contributed by atoms with Gasteiger partial charge in [0.25, 0.3) is 0 Å². The molecule has 3 nitrogen and oxygen atoms in total. The minimum atomic E-state index is -0.167. The van der Waals surface area contributed by atoms with Gasteiger partial charge in [-0.2, -0.15) is 0 Å². The van der Waals surface area contributed by atoms with Gasteiger partial charge in [0.2, 0.25) is 0 Å². The zero-order valence-electron chi connectivity index (χ0n) is 9.96. The number of nitrogens with one attached hydrogen (secondary N) is 1. The van der Waals surface area contributed by atoms with E-state index in [4.69, 9.17) is 4.74 Å². The van der Waals surface area contributed by atoms with Crippen LogP contribution in [0.15, 0.2) is 0 Å². The monoisotopic (exact) mass is 201 g/mol. The molecule has 0 fully saturated rings. The highest BCUT2D eigenvalue weighted by Crippen LogP contribution is 2.12. The summed E-state index contributed by atoms with van der Waals surface area (Å²) >= 11 is 0. The molecule has 0 aliphatic rings. The molecule has 14 heavy (non-hydrogen) atoms. The lowest BCUT2D eigenvalue weighted by Gasteiger charge is -2.24. The first-order valence-corrected chi connectivity index (χ1v) is 5.36. The van der Waals surface area contributed by atoms with Gasteiger partial charge in [0.15, 0.2) is 0 Å². The van der Waals surface area contributed by atoms with Gasteiger partial charge < -0.3 is 10.1 Å². The van der Waals surface area contributed by atoms with Gasteiger partial charge >= 0.3 is 5.97 Å². The van der Waals surface area contributed by atoms with Crippen molar-refractivity contribution in [3.05, 3.63) is 0 Å². The Labute approximate surface area is 87.2 Å². The van der Waals surface area contributed by atoms with Crippen molar-refractivity contribution in [3.63, 3.8) is 0 Å². The molecule has 0 spiro atoms. The summed E-state index contributed by atoms with van der Waals surface area (Å²) in [7, 11) is 1.44. The molecule has 1 N–H and O–H groups in total. The van der Waals surface area contributed by atoms with Gasteiger partial charge in [0.05, 0.1) is 7.11 Å². The van der Waals surface area contributed by atoms with Gasteiger partial charge in [-0.25, -0.2) is 0 Å². The molecule has 84 valence electrons. The molecule has 3 heteroatoms. The minimum absolute atomic E-state index is 0.153. The third kappa shape index (κ3) is 4.61. The second kappa shape index (κ2) is 6.82. The number of esters is 1. The number of hydrogen-bond donors (Lipinski definition) is 1. The van der Waals surface area contributed by atoms with E-state index in [-0.39, 0.29) is 12.0 Å². The molecule has 0 rings (SSSR count). The van der Waals surface area contributed by atoms with E-state index in [1.54, 1.807) is 0 Å². The van der Waals surface area contributed by atoms with E-state index in [0.29, 0.717) is 12.0 Å². The molecular weight excluding hydrogens is 178 g/mol. The van der Waals surface area contributed by atoms with Crippen LogP contribution in [0.2, 0.25) is 0 Å². The van der Waals surface area contributed by atoms with Crippen molar-refractivity contribution in [2.75, 3.05) is 7.11 Å². The van der Waals surface area contributed by atoms with Crippen molar-refractivity contribution in [2.45, 2.75) is 52.6 Å². The Kier molecular flexibility index (Phi) is 6.54. The van der Waals surface area contributed by atoms with Crippen molar-refractivity contribution in [3.8, 4) is 0 Å². The molecule has 2 unspecified atom stereocenters. The maximum Gasteiger partial charge on any atom is 0.323 e. The van der Waals surface area contributed by atoms with E-state index >= 15 is 0 Å². The average molecular weight is 201 g/mol.